The number of anilines is 1. The van der Waals surface area contributed by atoms with E-state index in [-0.39, 0.29) is 5.91 Å². The van der Waals surface area contributed by atoms with Crippen molar-refractivity contribution in [1.82, 2.24) is 4.90 Å². The molecule has 0 bridgehead atoms. The van der Waals surface area contributed by atoms with Crippen LogP contribution in [0.5, 0.6) is 0 Å². The molecule has 24 heavy (non-hydrogen) atoms. The van der Waals surface area contributed by atoms with E-state index in [9.17, 15) is 4.79 Å². The third kappa shape index (κ3) is 4.24. The van der Waals surface area contributed by atoms with E-state index < -0.39 is 0 Å². The van der Waals surface area contributed by atoms with Gasteiger partial charge in [-0.1, -0.05) is 12.1 Å². The van der Waals surface area contributed by atoms with Crippen molar-refractivity contribution in [2.24, 2.45) is 0 Å². The van der Waals surface area contributed by atoms with Gasteiger partial charge >= 0.3 is 0 Å². The fraction of sp³-hybridized carbons (Fsp3) is 0.421. The van der Waals surface area contributed by atoms with Crippen molar-refractivity contribution in [3.8, 4) is 0 Å². The minimum absolute atomic E-state index is 0.134. The van der Waals surface area contributed by atoms with Gasteiger partial charge in [0.1, 0.15) is 11.5 Å². The maximum atomic E-state index is 12.3. The lowest BCUT2D eigenvalue weighted by Crippen LogP contribution is -2.37. The molecule has 1 aliphatic heterocycles. The Morgan fingerprint density at radius 1 is 1.17 bits per heavy atom. The smallest absolute Gasteiger partial charge is 0.259 e. The Bertz CT molecular complexity index is 685. The summed E-state index contributed by atoms with van der Waals surface area (Å²) >= 11 is 0. The molecule has 0 atom stereocenters. The number of furan rings is 1. The Morgan fingerprint density at radius 2 is 1.88 bits per heavy atom. The molecule has 128 valence electrons. The summed E-state index contributed by atoms with van der Waals surface area (Å²) in [6, 6.07) is 9.82. The van der Waals surface area contributed by atoms with Gasteiger partial charge in [0.2, 0.25) is 0 Å². The van der Waals surface area contributed by atoms with E-state index >= 15 is 0 Å². The molecule has 2 heterocycles. The van der Waals surface area contributed by atoms with Crippen LogP contribution in [0.25, 0.3) is 0 Å². The zero-order valence-corrected chi connectivity index (χ0v) is 14.3. The van der Waals surface area contributed by atoms with E-state index in [1.165, 1.54) is 5.56 Å². The lowest BCUT2D eigenvalue weighted by molar-refractivity contribution is 0.0384. The molecular formula is C19H24N2O3. The topological polar surface area (TPSA) is 54.7 Å². The average molecular weight is 328 g/mol. The summed E-state index contributed by atoms with van der Waals surface area (Å²) < 4.78 is 10.8. The van der Waals surface area contributed by atoms with E-state index in [1.807, 2.05) is 19.1 Å². The number of hydrogen-bond donors (Lipinski definition) is 1. The number of carbonyl (C=O) groups excluding carboxylic acids is 1. The standard InChI is InChI=1S/C19H24N2O3/c1-14-13-18(15(2)24-14)19(22)20-17-5-3-16(4-6-17)7-8-21-9-11-23-12-10-21/h3-6,13H,7-12H2,1-2H3,(H,20,22). The zero-order chi connectivity index (χ0) is 16.9. The summed E-state index contributed by atoms with van der Waals surface area (Å²) in [5.74, 6) is 1.26. The van der Waals surface area contributed by atoms with Gasteiger partial charge in [0.15, 0.2) is 0 Å². The number of nitrogens with one attached hydrogen (secondary N) is 1. The van der Waals surface area contributed by atoms with Crippen molar-refractivity contribution >= 4 is 11.6 Å². The summed E-state index contributed by atoms with van der Waals surface area (Å²) in [5.41, 5.74) is 2.66. The minimum atomic E-state index is -0.134. The van der Waals surface area contributed by atoms with Crippen LogP contribution in [0.1, 0.15) is 27.4 Å². The van der Waals surface area contributed by atoms with Crippen LogP contribution in [0.2, 0.25) is 0 Å². The van der Waals surface area contributed by atoms with Crippen molar-refractivity contribution in [3.63, 3.8) is 0 Å². The van der Waals surface area contributed by atoms with Crippen LogP contribution in [0, 0.1) is 13.8 Å². The number of hydrogen-bond acceptors (Lipinski definition) is 4. The van der Waals surface area contributed by atoms with Crippen LogP contribution >= 0.6 is 0 Å². The number of amides is 1. The molecule has 1 aromatic heterocycles. The van der Waals surface area contributed by atoms with Crippen LogP contribution in [0.3, 0.4) is 0 Å². The number of morpholine rings is 1. The Kier molecular flexibility index (Phi) is 5.33. The van der Waals surface area contributed by atoms with Crippen LogP contribution in [0.15, 0.2) is 34.7 Å². The summed E-state index contributed by atoms with van der Waals surface area (Å²) in [6.45, 7) is 8.37. The first-order valence-corrected chi connectivity index (χ1v) is 8.39. The first-order valence-electron chi connectivity index (χ1n) is 8.39. The predicted molar refractivity (Wildman–Crippen MR) is 93.5 cm³/mol. The number of rotatable bonds is 5. The normalized spacial score (nSPS) is 15.4. The second-order valence-corrected chi connectivity index (χ2v) is 6.18. The van der Waals surface area contributed by atoms with Gasteiger partial charge < -0.3 is 14.5 Å². The molecule has 0 aliphatic carbocycles. The van der Waals surface area contributed by atoms with E-state index in [1.54, 1.807) is 13.0 Å². The highest BCUT2D eigenvalue weighted by atomic mass is 16.5. The largest absolute Gasteiger partial charge is 0.466 e. The van der Waals surface area contributed by atoms with Crippen LogP contribution in [-0.4, -0.2) is 43.7 Å². The van der Waals surface area contributed by atoms with Gasteiger partial charge in [-0.15, -0.1) is 0 Å². The molecule has 5 nitrogen and oxygen atoms in total. The van der Waals surface area contributed by atoms with Crippen molar-refractivity contribution in [1.29, 1.82) is 0 Å². The van der Waals surface area contributed by atoms with Crippen molar-refractivity contribution in [2.75, 3.05) is 38.2 Å². The molecule has 0 spiro atoms. The Balaban J connectivity index is 1.54. The van der Waals surface area contributed by atoms with Crippen LogP contribution in [0.4, 0.5) is 5.69 Å². The lowest BCUT2D eigenvalue weighted by atomic mass is 10.1. The van der Waals surface area contributed by atoms with Crippen molar-refractivity contribution in [3.05, 3.63) is 53.0 Å². The first kappa shape index (κ1) is 16.7. The van der Waals surface area contributed by atoms with E-state index in [2.05, 4.69) is 22.3 Å². The van der Waals surface area contributed by atoms with Gasteiger partial charge in [0.25, 0.3) is 5.91 Å². The third-order valence-corrected chi connectivity index (χ3v) is 4.32. The highest BCUT2D eigenvalue weighted by Crippen LogP contribution is 2.17. The molecule has 1 aromatic carbocycles. The van der Waals surface area contributed by atoms with Gasteiger partial charge in [-0.2, -0.15) is 0 Å². The highest BCUT2D eigenvalue weighted by molar-refractivity contribution is 6.05. The Morgan fingerprint density at radius 3 is 2.50 bits per heavy atom. The molecule has 0 radical (unpaired) electrons. The summed E-state index contributed by atoms with van der Waals surface area (Å²) in [5, 5.41) is 2.92. The average Bonchev–Trinajstić information content (AvgIpc) is 2.94. The number of carbonyl (C=O) groups is 1. The molecule has 1 saturated heterocycles. The molecular weight excluding hydrogens is 304 g/mol. The number of aryl methyl sites for hydroxylation is 2. The van der Waals surface area contributed by atoms with Gasteiger partial charge in [-0.25, -0.2) is 0 Å². The van der Waals surface area contributed by atoms with Gasteiger partial charge in [-0.05, 0) is 44.0 Å². The zero-order valence-electron chi connectivity index (χ0n) is 14.3. The maximum absolute atomic E-state index is 12.3. The number of ether oxygens (including phenoxy) is 1. The molecule has 3 rings (SSSR count). The second kappa shape index (κ2) is 7.64. The Labute approximate surface area is 142 Å². The van der Waals surface area contributed by atoms with Crippen molar-refractivity contribution < 1.29 is 13.9 Å². The molecule has 1 N–H and O–H groups in total. The van der Waals surface area contributed by atoms with Gasteiger partial charge in [-0.3, -0.25) is 9.69 Å². The van der Waals surface area contributed by atoms with E-state index in [4.69, 9.17) is 9.15 Å². The molecule has 2 aromatic rings. The molecule has 5 heteroatoms. The SMILES string of the molecule is Cc1cc(C(=O)Nc2ccc(CCN3CCOCC3)cc2)c(C)o1. The summed E-state index contributed by atoms with van der Waals surface area (Å²) in [6.07, 6.45) is 1.01. The minimum Gasteiger partial charge on any atom is -0.466 e. The quantitative estimate of drug-likeness (QED) is 0.917. The summed E-state index contributed by atoms with van der Waals surface area (Å²) in [7, 11) is 0. The van der Waals surface area contributed by atoms with Crippen LogP contribution < -0.4 is 5.32 Å². The lowest BCUT2D eigenvalue weighted by Gasteiger charge is -2.26. The summed E-state index contributed by atoms with van der Waals surface area (Å²) in [4.78, 5) is 14.7. The van der Waals surface area contributed by atoms with E-state index in [0.29, 0.717) is 11.3 Å². The number of nitrogens with zero attached hydrogens (tertiary/aromatic N) is 1. The monoisotopic (exact) mass is 328 g/mol. The third-order valence-electron chi connectivity index (χ3n) is 4.32. The molecule has 1 amide bonds. The molecule has 0 saturated carbocycles. The molecule has 1 fully saturated rings. The molecule has 1 aliphatic rings. The fourth-order valence-corrected chi connectivity index (χ4v) is 2.92. The van der Waals surface area contributed by atoms with Gasteiger partial charge in [0, 0.05) is 25.3 Å². The number of benzene rings is 1. The van der Waals surface area contributed by atoms with E-state index in [0.717, 1.165) is 50.7 Å². The molecule has 0 unspecified atom stereocenters. The maximum Gasteiger partial charge on any atom is 0.259 e. The highest BCUT2D eigenvalue weighted by Gasteiger charge is 2.14. The second-order valence-electron chi connectivity index (χ2n) is 6.18. The van der Waals surface area contributed by atoms with Gasteiger partial charge in [0.05, 0.1) is 18.8 Å². The first-order chi connectivity index (χ1) is 11.6. The van der Waals surface area contributed by atoms with Crippen molar-refractivity contribution in [2.45, 2.75) is 20.3 Å². The van der Waals surface area contributed by atoms with Crippen LogP contribution in [-0.2, 0) is 11.2 Å². The predicted octanol–water partition coefficient (Wildman–Crippen LogP) is 3.02. The fourth-order valence-electron chi connectivity index (χ4n) is 2.92. The Hall–Kier alpha value is -2.11.